The van der Waals surface area contributed by atoms with Gasteiger partial charge >= 0.3 is 0 Å². The van der Waals surface area contributed by atoms with Crippen molar-refractivity contribution < 1.29 is 9.53 Å². The SMILES string of the molecule is CCCn1ncc(N2CCC(C(=O)NC[C@H]3CCCO3)CC2)cc1=O. The Kier molecular flexibility index (Phi) is 6.07. The Morgan fingerprint density at radius 1 is 1.36 bits per heavy atom. The Hall–Kier alpha value is -1.89. The highest BCUT2D eigenvalue weighted by atomic mass is 16.5. The zero-order chi connectivity index (χ0) is 17.6. The second-order valence-electron chi connectivity index (χ2n) is 6.92. The van der Waals surface area contributed by atoms with Crippen LogP contribution in [0.5, 0.6) is 0 Å². The van der Waals surface area contributed by atoms with Gasteiger partial charge in [0.1, 0.15) is 0 Å². The Balaban J connectivity index is 1.48. The van der Waals surface area contributed by atoms with E-state index in [1.807, 2.05) is 6.92 Å². The highest BCUT2D eigenvalue weighted by molar-refractivity contribution is 5.79. The van der Waals surface area contributed by atoms with Crippen LogP contribution in [-0.2, 0) is 16.1 Å². The number of aryl methyl sites for hydroxylation is 1. The first-order chi connectivity index (χ1) is 12.2. The van der Waals surface area contributed by atoms with Crippen molar-refractivity contribution in [2.45, 2.75) is 51.7 Å². The van der Waals surface area contributed by atoms with Gasteiger partial charge in [0.2, 0.25) is 5.91 Å². The van der Waals surface area contributed by atoms with Gasteiger partial charge in [-0.15, -0.1) is 0 Å². The summed E-state index contributed by atoms with van der Waals surface area (Å²) in [5, 5.41) is 7.27. The molecule has 3 rings (SSSR count). The van der Waals surface area contributed by atoms with Crippen LogP contribution in [-0.4, -0.2) is 48.0 Å². The lowest BCUT2D eigenvalue weighted by Gasteiger charge is -2.32. The number of carbonyl (C=O) groups excluding carboxylic acids is 1. The molecule has 0 saturated carbocycles. The summed E-state index contributed by atoms with van der Waals surface area (Å²) < 4.78 is 7.04. The second-order valence-corrected chi connectivity index (χ2v) is 6.92. The minimum absolute atomic E-state index is 0.0473. The molecule has 2 aliphatic rings. The topological polar surface area (TPSA) is 76.5 Å². The number of rotatable bonds is 6. The maximum atomic E-state index is 12.3. The zero-order valence-electron chi connectivity index (χ0n) is 14.9. The number of anilines is 1. The lowest BCUT2D eigenvalue weighted by molar-refractivity contribution is -0.126. The van der Waals surface area contributed by atoms with E-state index in [1.54, 1.807) is 12.3 Å². The average molecular weight is 348 g/mol. The number of hydrogen-bond donors (Lipinski definition) is 1. The van der Waals surface area contributed by atoms with E-state index in [0.717, 1.165) is 57.5 Å². The largest absolute Gasteiger partial charge is 0.376 e. The monoisotopic (exact) mass is 348 g/mol. The van der Waals surface area contributed by atoms with E-state index in [2.05, 4.69) is 15.3 Å². The lowest BCUT2D eigenvalue weighted by Crippen LogP contribution is -2.42. The van der Waals surface area contributed by atoms with Crippen molar-refractivity contribution in [3.63, 3.8) is 0 Å². The van der Waals surface area contributed by atoms with Crippen LogP contribution in [0.3, 0.4) is 0 Å². The quantitative estimate of drug-likeness (QED) is 0.835. The van der Waals surface area contributed by atoms with Gasteiger partial charge in [-0.25, -0.2) is 4.68 Å². The number of nitrogens with zero attached hydrogens (tertiary/aromatic N) is 3. The van der Waals surface area contributed by atoms with Crippen LogP contribution in [0.2, 0.25) is 0 Å². The van der Waals surface area contributed by atoms with E-state index in [-0.39, 0.29) is 23.5 Å². The van der Waals surface area contributed by atoms with Crippen LogP contribution in [0.25, 0.3) is 0 Å². The molecule has 2 fully saturated rings. The highest BCUT2D eigenvalue weighted by Gasteiger charge is 2.26. The molecule has 7 heteroatoms. The van der Waals surface area contributed by atoms with Crippen molar-refractivity contribution in [1.82, 2.24) is 15.1 Å². The lowest BCUT2D eigenvalue weighted by atomic mass is 9.95. The number of nitrogens with one attached hydrogen (secondary N) is 1. The predicted octanol–water partition coefficient (Wildman–Crippen LogP) is 1.16. The van der Waals surface area contributed by atoms with Gasteiger partial charge in [0.25, 0.3) is 5.56 Å². The molecule has 1 amide bonds. The van der Waals surface area contributed by atoms with Gasteiger partial charge < -0.3 is 15.0 Å². The first-order valence-electron chi connectivity index (χ1n) is 9.39. The maximum Gasteiger partial charge on any atom is 0.268 e. The van der Waals surface area contributed by atoms with E-state index >= 15 is 0 Å². The van der Waals surface area contributed by atoms with Crippen molar-refractivity contribution in [1.29, 1.82) is 0 Å². The summed E-state index contributed by atoms with van der Waals surface area (Å²) in [5.41, 5.74) is 0.798. The molecule has 1 aromatic heterocycles. The molecular formula is C18H28N4O3. The van der Waals surface area contributed by atoms with E-state index < -0.39 is 0 Å². The molecule has 1 aromatic rings. The van der Waals surface area contributed by atoms with Crippen LogP contribution < -0.4 is 15.8 Å². The molecule has 7 nitrogen and oxygen atoms in total. The normalized spacial score (nSPS) is 21.5. The van der Waals surface area contributed by atoms with Crippen LogP contribution in [0.15, 0.2) is 17.1 Å². The van der Waals surface area contributed by atoms with E-state index in [1.165, 1.54) is 4.68 Å². The van der Waals surface area contributed by atoms with E-state index in [0.29, 0.717) is 13.1 Å². The zero-order valence-corrected chi connectivity index (χ0v) is 14.9. The van der Waals surface area contributed by atoms with Gasteiger partial charge in [0.05, 0.1) is 18.0 Å². The molecule has 3 heterocycles. The number of amides is 1. The first kappa shape index (κ1) is 17.9. The summed E-state index contributed by atoms with van der Waals surface area (Å²) in [6, 6.07) is 1.65. The molecular weight excluding hydrogens is 320 g/mol. The minimum atomic E-state index is -0.0595. The number of ether oxygens (including phenoxy) is 1. The van der Waals surface area contributed by atoms with Crippen molar-refractivity contribution in [2.75, 3.05) is 31.1 Å². The number of aromatic nitrogens is 2. The number of carbonyl (C=O) groups is 1. The third-order valence-electron chi connectivity index (χ3n) is 5.05. The van der Waals surface area contributed by atoms with Crippen LogP contribution in [0.1, 0.15) is 39.0 Å². The summed E-state index contributed by atoms with van der Waals surface area (Å²) in [7, 11) is 0. The fraction of sp³-hybridized carbons (Fsp3) is 0.722. The van der Waals surface area contributed by atoms with Gasteiger partial charge in [-0.05, 0) is 32.1 Å². The third-order valence-corrected chi connectivity index (χ3v) is 5.05. The van der Waals surface area contributed by atoms with Gasteiger partial charge in [0.15, 0.2) is 0 Å². The summed E-state index contributed by atoms with van der Waals surface area (Å²) >= 11 is 0. The molecule has 0 unspecified atom stereocenters. The highest BCUT2D eigenvalue weighted by Crippen LogP contribution is 2.22. The summed E-state index contributed by atoms with van der Waals surface area (Å²) in [5.74, 6) is 0.178. The summed E-state index contributed by atoms with van der Waals surface area (Å²) in [6.45, 7) is 5.65. The fourth-order valence-corrected chi connectivity index (χ4v) is 3.54. The Labute approximate surface area is 148 Å². The van der Waals surface area contributed by atoms with Crippen molar-refractivity contribution in [2.24, 2.45) is 5.92 Å². The van der Waals surface area contributed by atoms with E-state index in [4.69, 9.17) is 4.74 Å². The van der Waals surface area contributed by atoms with Gasteiger partial charge in [-0.2, -0.15) is 5.10 Å². The molecule has 0 bridgehead atoms. The first-order valence-corrected chi connectivity index (χ1v) is 9.39. The minimum Gasteiger partial charge on any atom is -0.376 e. The van der Waals surface area contributed by atoms with Crippen LogP contribution in [0, 0.1) is 5.92 Å². The van der Waals surface area contributed by atoms with Crippen molar-refractivity contribution in [3.8, 4) is 0 Å². The Morgan fingerprint density at radius 3 is 2.80 bits per heavy atom. The fourth-order valence-electron chi connectivity index (χ4n) is 3.54. The molecule has 2 aliphatic heterocycles. The molecule has 25 heavy (non-hydrogen) atoms. The average Bonchev–Trinajstić information content (AvgIpc) is 3.15. The standard InChI is InChI=1S/C18H28N4O3/c1-2-7-22-17(23)11-15(12-20-22)21-8-5-14(6-9-21)18(24)19-13-16-4-3-10-25-16/h11-12,14,16H,2-10,13H2,1H3,(H,19,24)/t16-/m1/s1. The summed E-state index contributed by atoms with van der Waals surface area (Å²) in [4.78, 5) is 26.5. The molecule has 0 aromatic carbocycles. The van der Waals surface area contributed by atoms with Crippen LogP contribution >= 0.6 is 0 Å². The van der Waals surface area contributed by atoms with E-state index in [9.17, 15) is 9.59 Å². The van der Waals surface area contributed by atoms with Crippen molar-refractivity contribution in [3.05, 3.63) is 22.6 Å². The van der Waals surface area contributed by atoms with Gasteiger partial charge in [-0.3, -0.25) is 9.59 Å². The maximum absolute atomic E-state index is 12.3. The third kappa shape index (κ3) is 4.60. The molecule has 2 saturated heterocycles. The molecule has 0 spiro atoms. The smallest absolute Gasteiger partial charge is 0.268 e. The van der Waals surface area contributed by atoms with Gasteiger partial charge in [0, 0.05) is 44.8 Å². The van der Waals surface area contributed by atoms with Crippen LogP contribution in [0.4, 0.5) is 5.69 Å². The van der Waals surface area contributed by atoms with Gasteiger partial charge in [-0.1, -0.05) is 6.92 Å². The van der Waals surface area contributed by atoms with Crippen molar-refractivity contribution >= 4 is 11.6 Å². The Bertz CT molecular complexity index is 631. The molecule has 0 radical (unpaired) electrons. The molecule has 1 N–H and O–H groups in total. The summed E-state index contributed by atoms with van der Waals surface area (Å²) in [6.07, 6.45) is 6.56. The number of hydrogen-bond acceptors (Lipinski definition) is 5. The molecule has 0 aliphatic carbocycles. The molecule has 1 atom stereocenters. The second kappa shape index (κ2) is 8.47. The molecule has 138 valence electrons. The number of piperidine rings is 1. The Morgan fingerprint density at radius 2 is 2.16 bits per heavy atom. The predicted molar refractivity (Wildman–Crippen MR) is 95.7 cm³/mol.